The van der Waals surface area contributed by atoms with Gasteiger partial charge in [0.05, 0.1) is 12.4 Å². The third-order valence-corrected chi connectivity index (χ3v) is 3.42. The third-order valence-electron chi connectivity index (χ3n) is 3.42. The molecule has 1 saturated carbocycles. The first-order valence-electron chi connectivity index (χ1n) is 7.22. The molecule has 112 valence electrons. The van der Waals surface area contributed by atoms with E-state index in [0.717, 1.165) is 0 Å². The fourth-order valence-corrected chi connectivity index (χ4v) is 1.98. The molecular weight excluding hydrogens is 271 g/mol. The van der Waals surface area contributed by atoms with Crippen LogP contribution >= 0.6 is 0 Å². The number of aromatic nitrogens is 3. The lowest BCUT2D eigenvalue weighted by Crippen LogP contribution is -2.16. The summed E-state index contributed by atoms with van der Waals surface area (Å²) in [6.45, 7) is 4.53. The van der Waals surface area contributed by atoms with E-state index in [0.29, 0.717) is 23.9 Å². The van der Waals surface area contributed by atoms with E-state index in [9.17, 15) is 4.39 Å². The Balaban J connectivity index is 1.72. The highest BCUT2D eigenvalue weighted by Crippen LogP contribution is 2.25. The van der Waals surface area contributed by atoms with Crippen LogP contribution in [0.15, 0.2) is 24.7 Å². The number of rotatable bonds is 6. The van der Waals surface area contributed by atoms with E-state index >= 15 is 0 Å². The smallest absolute Gasteiger partial charge is 0.256 e. The van der Waals surface area contributed by atoms with Crippen LogP contribution in [0, 0.1) is 5.82 Å². The van der Waals surface area contributed by atoms with Gasteiger partial charge in [0.15, 0.2) is 11.6 Å². The summed E-state index contributed by atoms with van der Waals surface area (Å²) in [5.41, 5.74) is 0.572. The minimum absolute atomic E-state index is 0.00611. The first-order chi connectivity index (χ1) is 10.1. The van der Waals surface area contributed by atoms with E-state index in [1.807, 2.05) is 13.8 Å². The van der Waals surface area contributed by atoms with Gasteiger partial charge in [0.1, 0.15) is 0 Å². The van der Waals surface area contributed by atoms with Gasteiger partial charge in [0.25, 0.3) is 5.88 Å². The van der Waals surface area contributed by atoms with Crippen molar-refractivity contribution < 1.29 is 9.13 Å². The van der Waals surface area contributed by atoms with Gasteiger partial charge in [-0.15, -0.1) is 0 Å². The molecule has 3 rings (SSSR count). The summed E-state index contributed by atoms with van der Waals surface area (Å²) < 4.78 is 21.6. The Morgan fingerprint density at radius 3 is 2.95 bits per heavy atom. The molecule has 0 amide bonds. The summed E-state index contributed by atoms with van der Waals surface area (Å²) in [6.07, 6.45) is 7.21. The molecule has 6 heteroatoms. The fourth-order valence-electron chi connectivity index (χ4n) is 1.98. The zero-order chi connectivity index (χ0) is 14.8. The Bertz CT molecular complexity index is 622. The van der Waals surface area contributed by atoms with Gasteiger partial charge in [-0.1, -0.05) is 0 Å². The summed E-state index contributed by atoms with van der Waals surface area (Å²) in [5.74, 6) is 0.0683. The van der Waals surface area contributed by atoms with Gasteiger partial charge >= 0.3 is 0 Å². The average molecular weight is 290 g/mol. The number of hydrogen-bond donors (Lipinski definition) is 1. The average Bonchev–Trinajstić information content (AvgIpc) is 3.17. The standard InChI is InChI=1S/C15H19FN4O/c1-10(2)20-9-13(8-19-20)21-15-14(16)11(5-6-17-15)7-18-12-3-4-12/h5-6,8-10,12,18H,3-4,7H2,1-2H3. The Hall–Kier alpha value is -1.95. The van der Waals surface area contributed by atoms with Crippen LogP contribution in [0.1, 0.15) is 38.3 Å². The third kappa shape index (κ3) is 3.39. The molecule has 1 aliphatic rings. The Morgan fingerprint density at radius 2 is 2.29 bits per heavy atom. The molecular formula is C15H19FN4O. The van der Waals surface area contributed by atoms with Crippen molar-refractivity contribution in [2.75, 3.05) is 0 Å². The lowest BCUT2D eigenvalue weighted by molar-refractivity contribution is 0.415. The minimum Gasteiger partial charge on any atom is -0.433 e. The van der Waals surface area contributed by atoms with Gasteiger partial charge in [-0.2, -0.15) is 5.10 Å². The van der Waals surface area contributed by atoms with Gasteiger partial charge in [0, 0.05) is 30.4 Å². The highest BCUT2D eigenvalue weighted by molar-refractivity contribution is 5.28. The Kier molecular flexibility index (Phi) is 3.88. The summed E-state index contributed by atoms with van der Waals surface area (Å²) in [7, 11) is 0. The first-order valence-corrected chi connectivity index (χ1v) is 7.22. The molecule has 2 aromatic rings. The van der Waals surface area contributed by atoms with Crippen LogP contribution in [0.2, 0.25) is 0 Å². The molecule has 1 fully saturated rings. The normalized spacial score (nSPS) is 14.7. The van der Waals surface area contributed by atoms with Crippen molar-refractivity contribution in [1.82, 2.24) is 20.1 Å². The molecule has 2 aromatic heterocycles. The van der Waals surface area contributed by atoms with Crippen molar-refractivity contribution in [3.8, 4) is 11.6 Å². The number of nitrogens with one attached hydrogen (secondary N) is 1. The van der Waals surface area contributed by atoms with E-state index in [2.05, 4.69) is 15.4 Å². The molecule has 0 bridgehead atoms. The van der Waals surface area contributed by atoms with Gasteiger partial charge in [-0.05, 0) is 32.8 Å². The van der Waals surface area contributed by atoms with Crippen LogP contribution < -0.4 is 10.1 Å². The second-order valence-electron chi connectivity index (χ2n) is 5.60. The number of pyridine rings is 1. The van der Waals surface area contributed by atoms with Crippen molar-refractivity contribution >= 4 is 0 Å². The van der Waals surface area contributed by atoms with Gasteiger partial charge in [-0.3, -0.25) is 4.68 Å². The molecule has 1 aliphatic carbocycles. The number of ether oxygens (including phenoxy) is 1. The quantitative estimate of drug-likeness (QED) is 0.888. The highest BCUT2D eigenvalue weighted by Gasteiger charge is 2.21. The second kappa shape index (κ2) is 5.81. The summed E-state index contributed by atoms with van der Waals surface area (Å²) in [5, 5.41) is 7.44. The molecule has 21 heavy (non-hydrogen) atoms. The number of nitrogens with zero attached hydrogens (tertiary/aromatic N) is 3. The minimum atomic E-state index is -0.414. The predicted molar refractivity (Wildman–Crippen MR) is 76.7 cm³/mol. The van der Waals surface area contributed by atoms with Crippen LogP contribution in [-0.2, 0) is 6.54 Å². The number of hydrogen-bond acceptors (Lipinski definition) is 4. The summed E-state index contributed by atoms with van der Waals surface area (Å²) in [6, 6.07) is 2.44. The lowest BCUT2D eigenvalue weighted by Gasteiger charge is -2.08. The monoisotopic (exact) mass is 290 g/mol. The molecule has 5 nitrogen and oxygen atoms in total. The lowest BCUT2D eigenvalue weighted by atomic mass is 10.2. The van der Waals surface area contributed by atoms with Crippen LogP contribution in [-0.4, -0.2) is 20.8 Å². The molecule has 0 saturated heterocycles. The van der Waals surface area contributed by atoms with E-state index < -0.39 is 5.82 Å². The fraction of sp³-hybridized carbons (Fsp3) is 0.467. The molecule has 0 aromatic carbocycles. The topological polar surface area (TPSA) is 52.0 Å². The van der Waals surface area contributed by atoms with Gasteiger partial charge in [-0.25, -0.2) is 9.37 Å². The van der Waals surface area contributed by atoms with Gasteiger partial charge in [0.2, 0.25) is 0 Å². The first kappa shape index (κ1) is 14.0. The van der Waals surface area contributed by atoms with E-state index in [1.54, 1.807) is 29.3 Å². The van der Waals surface area contributed by atoms with E-state index in [1.165, 1.54) is 12.8 Å². The second-order valence-corrected chi connectivity index (χ2v) is 5.60. The largest absolute Gasteiger partial charge is 0.433 e. The van der Waals surface area contributed by atoms with Crippen molar-refractivity contribution in [2.45, 2.75) is 45.3 Å². The van der Waals surface area contributed by atoms with E-state index in [4.69, 9.17) is 4.74 Å². The molecule has 0 radical (unpaired) electrons. The zero-order valence-corrected chi connectivity index (χ0v) is 12.2. The predicted octanol–water partition coefficient (Wildman–Crippen LogP) is 3.04. The maximum atomic E-state index is 14.3. The maximum Gasteiger partial charge on any atom is 0.256 e. The van der Waals surface area contributed by atoms with Crippen molar-refractivity contribution in [3.63, 3.8) is 0 Å². The van der Waals surface area contributed by atoms with Crippen LogP contribution in [0.5, 0.6) is 11.6 Å². The molecule has 0 atom stereocenters. The number of halogens is 1. The molecule has 0 aliphatic heterocycles. The van der Waals surface area contributed by atoms with E-state index in [-0.39, 0.29) is 11.9 Å². The van der Waals surface area contributed by atoms with Crippen molar-refractivity contribution in [2.24, 2.45) is 0 Å². The van der Waals surface area contributed by atoms with Crippen molar-refractivity contribution in [1.29, 1.82) is 0 Å². The molecule has 1 N–H and O–H groups in total. The molecule has 0 unspecified atom stereocenters. The Morgan fingerprint density at radius 1 is 1.48 bits per heavy atom. The summed E-state index contributed by atoms with van der Waals surface area (Å²) >= 11 is 0. The highest BCUT2D eigenvalue weighted by atomic mass is 19.1. The van der Waals surface area contributed by atoms with Crippen LogP contribution in [0.25, 0.3) is 0 Å². The maximum absolute atomic E-state index is 14.3. The Labute approximate surface area is 123 Å². The zero-order valence-electron chi connectivity index (χ0n) is 12.2. The SMILES string of the molecule is CC(C)n1cc(Oc2nccc(CNC3CC3)c2F)cn1. The van der Waals surface area contributed by atoms with Crippen LogP contribution in [0.4, 0.5) is 4.39 Å². The molecule has 2 heterocycles. The summed E-state index contributed by atoms with van der Waals surface area (Å²) in [4.78, 5) is 3.97. The molecule has 0 spiro atoms. The van der Waals surface area contributed by atoms with Gasteiger partial charge < -0.3 is 10.1 Å². The van der Waals surface area contributed by atoms with Crippen molar-refractivity contribution in [3.05, 3.63) is 36.0 Å². The van der Waals surface area contributed by atoms with Crippen LogP contribution in [0.3, 0.4) is 0 Å².